The van der Waals surface area contributed by atoms with Gasteiger partial charge < -0.3 is 10.6 Å². The van der Waals surface area contributed by atoms with E-state index < -0.39 is 41.8 Å². The van der Waals surface area contributed by atoms with Crippen molar-refractivity contribution in [1.29, 1.82) is 0 Å². The van der Waals surface area contributed by atoms with Crippen molar-refractivity contribution in [3.05, 3.63) is 65.0 Å². The molecule has 9 heteroatoms. The van der Waals surface area contributed by atoms with Gasteiger partial charge in [-0.3, -0.25) is 0 Å². The fourth-order valence-corrected chi connectivity index (χ4v) is 1.80. The summed E-state index contributed by atoms with van der Waals surface area (Å²) in [4.78, 5) is 11.6. The SMILES string of the molecule is O=C(NCc1ccc(C(F)(F)F)cc1F)Nc1ccc(F)cc1F. The molecule has 0 atom stereocenters. The molecule has 2 amide bonds. The number of amides is 2. The molecule has 0 saturated carbocycles. The van der Waals surface area contributed by atoms with Gasteiger partial charge in [0, 0.05) is 18.2 Å². The molecule has 0 saturated heterocycles. The number of hydrogen-bond acceptors (Lipinski definition) is 1. The minimum atomic E-state index is -4.68. The van der Waals surface area contributed by atoms with Crippen LogP contribution in [0.1, 0.15) is 11.1 Å². The van der Waals surface area contributed by atoms with E-state index in [9.17, 15) is 31.1 Å². The van der Waals surface area contributed by atoms with Gasteiger partial charge in [0.05, 0.1) is 11.3 Å². The van der Waals surface area contributed by atoms with Gasteiger partial charge in [0.1, 0.15) is 17.5 Å². The Hall–Kier alpha value is -2.71. The van der Waals surface area contributed by atoms with Crippen molar-refractivity contribution in [2.24, 2.45) is 0 Å². The summed E-state index contributed by atoms with van der Waals surface area (Å²) in [6.45, 7) is -0.418. The van der Waals surface area contributed by atoms with Gasteiger partial charge in [0.25, 0.3) is 0 Å². The van der Waals surface area contributed by atoms with Crippen LogP contribution in [0, 0.1) is 17.5 Å². The lowest BCUT2D eigenvalue weighted by molar-refractivity contribution is -0.137. The summed E-state index contributed by atoms with van der Waals surface area (Å²) in [5.74, 6) is -2.98. The smallest absolute Gasteiger partial charge is 0.334 e. The Balaban J connectivity index is 1.99. The van der Waals surface area contributed by atoms with Gasteiger partial charge in [0.15, 0.2) is 0 Å². The van der Waals surface area contributed by atoms with Crippen molar-refractivity contribution < 1.29 is 31.1 Å². The molecule has 0 fully saturated rings. The molecular weight excluding hydrogens is 338 g/mol. The van der Waals surface area contributed by atoms with Crippen LogP contribution in [-0.2, 0) is 12.7 Å². The van der Waals surface area contributed by atoms with E-state index in [0.29, 0.717) is 18.2 Å². The number of halogens is 6. The molecule has 2 N–H and O–H groups in total. The molecule has 0 unspecified atom stereocenters. The number of carbonyl (C=O) groups is 1. The highest BCUT2D eigenvalue weighted by molar-refractivity contribution is 5.89. The Morgan fingerprint density at radius 3 is 2.25 bits per heavy atom. The maximum absolute atomic E-state index is 13.6. The summed E-state index contributed by atoms with van der Waals surface area (Å²) in [7, 11) is 0. The standard InChI is InChI=1S/C15H10F6N2O/c16-10-3-4-13(12(18)6-10)23-14(24)22-7-8-1-2-9(5-11(8)17)15(19,20)21/h1-6H,7H2,(H2,22,23,24). The zero-order valence-corrected chi connectivity index (χ0v) is 11.8. The van der Waals surface area contributed by atoms with Crippen molar-refractivity contribution in [1.82, 2.24) is 5.32 Å². The lowest BCUT2D eigenvalue weighted by Crippen LogP contribution is -2.29. The van der Waals surface area contributed by atoms with Crippen molar-refractivity contribution in [2.75, 3.05) is 5.32 Å². The summed E-state index contributed by atoms with van der Waals surface area (Å²) in [5.41, 5.74) is -1.64. The van der Waals surface area contributed by atoms with Crippen LogP contribution in [0.25, 0.3) is 0 Å². The highest BCUT2D eigenvalue weighted by atomic mass is 19.4. The number of anilines is 1. The first-order chi connectivity index (χ1) is 11.2. The van der Waals surface area contributed by atoms with E-state index in [1.165, 1.54) is 0 Å². The van der Waals surface area contributed by atoms with Gasteiger partial charge in [-0.05, 0) is 24.3 Å². The second kappa shape index (κ2) is 6.81. The largest absolute Gasteiger partial charge is 0.416 e. The lowest BCUT2D eigenvalue weighted by Gasteiger charge is -2.11. The monoisotopic (exact) mass is 348 g/mol. The van der Waals surface area contributed by atoms with Crippen LogP contribution in [0.3, 0.4) is 0 Å². The number of alkyl halides is 3. The van der Waals surface area contributed by atoms with E-state index in [1.807, 2.05) is 0 Å². The topological polar surface area (TPSA) is 41.1 Å². The number of benzene rings is 2. The first-order valence-corrected chi connectivity index (χ1v) is 6.52. The molecule has 0 heterocycles. The Labute approximate surface area is 132 Å². The summed E-state index contributed by atoms with van der Waals surface area (Å²) in [6, 6.07) is 3.42. The van der Waals surface area contributed by atoms with E-state index >= 15 is 0 Å². The van der Waals surface area contributed by atoms with E-state index in [1.54, 1.807) is 0 Å². The number of nitrogens with one attached hydrogen (secondary N) is 2. The van der Waals surface area contributed by atoms with Gasteiger partial charge in [-0.1, -0.05) is 6.07 Å². The van der Waals surface area contributed by atoms with Crippen LogP contribution in [0.15, 0.2) is 36.4 Å². The van der Waals surface area contributed by atoms with E-state index in [4.69, 9.17) is 0 Å². The maximum Gasteiger partial charge on any atom is 0.416 e. The highest BCUT2D eigenvalue weighted by Crippen LogP contribution is 2.30. The molecular formula is C15H10F6N2O. The maximum atomic E-state index is 13.6. The number of carbonyl (C=O) groups excluding carboxylic acids is 1. The second-order valence-corrected chi connectivity index (χ2v) is 4.74. The Kier molecular flexibility index (Phi) is 5.01. The zero-order chi connectivity index (χ0) is 17.9. The summed E-state index contributed by atoms with van der Waals surface area (Å²) < 4.78 is 76.9. The van der Waals surface area contributed by atoms with E-state index in [-0.39, 0.29) is 11.3 Å². The van der Waals surface area contributed by atoms with Crippen LogP contribution in [-0.4, -0.2) is 6.03 Å². The van der Waals surface area contributed by atoms with E-state index in [0.717, 1.165) is 18.2 Å². The van der Waals surface area contributed by atoms with Gasteiger partial charge >= 0.3 is 12.2 Å². The first kappa shape index (κ1) is 17.6. The zero-order valence-electron chi connectivity index (χ0n) is 11.8. The molecule has 0 bridgehead atoms. The third-order valence-electron chi connectivity index (χ3n) is 3.00. The quantitative estimate of drug-likeness (QED) is 0.791. The van der Waals surface area contributed by atoms with Crippen molar-refractivity contribution in [2.45, 2.75) is 12.7 Å². The van der Waals surface area contributed by atoms with Crippen molar-refractivity contribution in [3.8, 4) is 0 Å². The molecule has 0 radical (unpaired) electrons. The van der Waals surface area contributed by atoms with Gasteiger partial charge in [-0.25, -0.2) is 18.0 Å². The van der Waals surface area contributed by atoms with Gasteiger partial charge in [-0.2, -0.15) is 13.2 Å². The molecule has 2 aromatic carbocycles. The average Bonchev–Trinajstić information content (AvgIpc) is 2.48. The summed E-state index contributed by atoms with van der Waals surface area (Å²) in [5, 5.41) is 4.23. The van der Waals surface area contributed by atoms with Crippen LogP contribution in [0.5, 0.6) is 0 Å². The summed E-state index contributed by atoms with van der Waals surface area (Å²) in [6.07, 6.45) is -4.68. The fraction of sp³-hybridized carbons (Fsp3) is 0.133. The van der Waals surface area contributed by atoms with Crippen LogP contribution in [0.2, 0.25) is 0 Å². The van der Waals surface area contributed by atoms with Crippen LogP contribution >= 0.6 is 0 Å². The molecule has 0 aromatic heterocycles. The molecule has 128 valence electrons. The number of hydrogen-bond donors (Lipinski definition) is 2. The fourth-order valence-electron chi connectivity index (χ4n) is 1.80. The van der Waals surface area contributed by atoms with Crippen LogP contribution < -0.4 is 10.6 Å². The predicted octanol–water partition coefficient (Wildman–Crippen LogP) is 4.44. The Morgan fingerprint density at radius 1 is 0.958 bits per heavy atom. The lowest BCUT2D eigenvalue weighted by atomic mass is 10.1. The van der Waals surface area contributed by atoms with Gasteiger partial charge in [-0.15, -0.1) is 0 Å². The number of urea groups is 1. The molecule has 0 aliphatic heterocycles. The van der Waals surface area contributed by atoms with Crippen molar-refractivity contribution in [3.63, 3.8) is 0 Å². The average molecular weight is 348 g/mol. The number of rotatable bonds is 3. The van der Waals surface area contributed by atoms with Crippen molar-refractivity contribution >= 4 is 11.7 Å². The first-order valence-electron chi connectivity index (χ1n) is 6.52. The molecule has 2 rings (SSSR count). The molecule has 2 aromatic rings. The molecule has 0 aliphatic carbocycles. The summed E-state index contributed by atoms with van der Waals surface area (Å²) >= 11 is 0. The Bertz CT molecular complexity index is 760. The minimum absolute atomic E-state index is 0.183. The van der Waals surface area contributed by atoms with E-state index in [2.05, 4.69) is 10.6 Å². The second-order valence-electron chi connectivity index (χ2n) is 4.74. The minimum Gasteiger partial charge on any atom is -0.334 e. The third-order valence-corrected chi connectivity index (χ3v) is 3.00. The predicted molar refractivity (Wildman–Crippen MR) is 73.6 cm³/mol. The van der Waals surface area contributed by atoms with Gasteiger partial charge in [0.2, 0.25) is 0 Å². The van der Waals surface area contributed by atoms with Crippen LogP contribution in [0.4, 0.5) is 36.8 Å². The Morgan fingerprint density at radius 2 is 1.67 bits per heavy atom. The molecule has 0 aliphatic rings. The molecule has 0 spiro atoms. The molecule has 3 nitrogen and oxygen atoms in total. The normalized spacial score (nSPS) is 11.2. The molecule has 24 heavy (non-hydrogen) atoms. The third kappa shape index (κ3) is 4.40. The highest BCUT2D eigenvalue weighted by Gasteiger charge is 2.31.